The molecule has 26 valence electrons. The molecule has 0 fully saturated rings. The summed E-state index contributed by atoms with van der Waals surface area (Å²) in [5, 5.41) is 0. The predicted octanol–water partition coefficient (Wildman–Crippen LogP) is 0.124. The molecule has 0 aromatic carbocycles. The predicted molar refractivity (Wildman–Crippen MR) is 14.7 cm³/mol. The van der Waals surface area contributed by atoms with Crippen LogP contribution in [0.4, 0.5) is 0 Å². The molecule has 0 amide bonds. The fourth-order valence-electron chi connectivity index (χ4n) is 0. The molecule has 0 bridgehead atoms. The van der Waals surface area contributed by atoms with E-state index in [2.05, 4.69) is 0 Å². The van der Waals surface area contributed by atoms with Crippen LogP contribution in [0.15, 0.2) is 0 Å². The second-order valence-corrected chi connectivity index (χ2v) is 3.07. The van der Waals surface area contributed by atoms with Gasteiger partial charge in [0.25, 0.3) is 0 Å². The molecule has 5 heavy (non-hydrogen) atoms. The van der Waals surface area contributed by atoms with E-state index < -0.39 is 21.0 Å². The van der Waals surface area contributed by atoms with E-state index in [1.807, 2.05) is 0 Å². The molecule has 0 spiro atoms. The van der Waals surface area contributed by atoms with E-state index in [-0.39, 0.29) is 0 Å². The van der Waals surface area contributed by atoms with Gasteiger partial charge < -0.3 is 0 Å². The maximum absolute atomic E-state index is 9.13. The first-order valence-electron chi connectivity index (χ1n) is 0.859. The monoisotopic (exact) mass is 106 g/mol. The van der Waals surface area contributed by atoms with Crippen LogP contribution < -0.4 is 0 Å². The summed E-state index contributed by atoms with van der Waals surface area (Å²) in [6.45, 7) is 0. The first-order valence-corrected chi connectivity index (χ1v) is 4.13. The Hall–Kier alpha value is 0.232. The van der Waals surface area contributed by atoms with Crippen molar-refractivity contribution in [1.82, 2.24) is 0 Å². The summed E-state index contributed by atoms with van der Waals surface area (Å²) < 4.78 is 27.4. The summed E-state index contributed by atoms with van der Waals surface area (Å²) in [5.41, 5.74) is 0. The molecule has 0 N–H and O–H groups in total. The average molecular weight is 106 g/mol. The van der Waals surface area contributed by atoms with Gasteiger partial charge in [-0.2, -0.15) is 0 Å². The van der Waals surface area contributed by atoms with Gasteiger partial charge in [0, 0.05) is 0 Å². The van der Waals surface area contributed by atoms with Crippen molar-refractivity contribution in [3.63, 3.8) is 0 Å². The van der Waals surface area contributed by atoms with E-state index in [4.69, 9.17) is 12.9 Å². The molecule has 0 aromatic heterocycles. The molecule has 3 nitrogen and oxygen atoms in total. The van der Waals surface area contributed by atoms with Gasteiger partial charge in [0.15, 0.2) is 0 Å². The van der Waals surface area contributed by atoms with E-state index in [9.17, 15) is 0 Å². The zero-order chi connectivity index (χ0) is 4.28. The van der Waals surface area contributed by atoms with Gasteiger partial charge in [0.1, 0.15) is 0 Å². The van der Waals surface area contributed by atoms with Crippen LogP contribution in [0.5, 0.6) is 0 Å². The Morgan fingerprint density at radius 2 is 1.60 bits per heavy atom. The Balaban J connectivity index is 3.69. The van der Waals surface area contributed by atoms with Crippen LogP contribution in [0.25, 0.3) is 0 Å². The first kappa shape index (κ1) is 5.23. The molecule has 0 aliphatic carbocycles. The molecular formula is AlO3P. The first-order chi connectivity index (χ1) is 2.27. The van der Waals surface area contributed by atoms with E-state index in [0.29, 0.717) is 0 Å². The van der Waals surface area contributed by atoms with Crippen molar-refractivity contribution >= 4 is 21.0 Å². The molecule has 0 aliphatic heterocycles. The second kappa shape index (κ2) is 2.47. The molecule has 0 unspecified atom stereocenters. The van der Waals surface area contributed by atoms with Gasteiger partial charge in [-0.3, -0.25) is 0 Å². The molecule has 0 saturated carbocycles. The Labute approximate surface area is 34.7 Å². The second-order valence-electron chi connectivity index (χ2n) is 0.391. The van der Waals surface area contributed by atoms with Gasteiger partial charge in [-0.1, -0.05) is 0 Å². The van der Waals surface area contributed by atoms with Crippen LogP contribution in [0, 0.1) is 0 Å². The van der Waals surface area contributed by atoms with E-state index in [1.54, 1.807) is 0 Å². The Bertz CT molecular complexity index is 83.1. The van der Waals surface area contributed by atoms with Crippen LogP contribution in [0.2, 0.25) is 0 Å². The zero-order valence-corrected chi connectivity index (χ0v) is 4.30. The molecule has 0 heterocycles. The van der Waals surface area contributed by atoms with Gasteiger partial charge in [-0.25, -0.2) is 0 Å². The summed E-state index contributed by atoms with van der Waals surface area (Å²) in [6, 6.07) is 0. The fraction of sp³-hybridized carbons (Fsp3) is 0. The number of hydrogen-bond donors (Lipinski definition) is 0. The van der Waals surface area contributed by atoms with Crippen molar-refractivity contribution in [2.24, 2.45) is 0 Å². The topological polar surface area (TPSA) is 51.2 Å². The molecular weight excluding hydrogens is 106 g/mol. The Kier molecular flexibility index (Phi) is 2.58. The molecule has 0 radical (unpaired) electrons. The fourth-order valence-corrected chi connectivity index (χ4v) is 0. The maximum atomic E-state index is 9.13. The van der Waals surface area contributed by atoms with Gasteiger partial charge in [0.05, 0.1) is 0 Å². The third-order valence-electron chi connectivity index (χ3n) is 0.0861. The van der Waals surface area contributed by atoms with Crippen molar-refractivity contribution in [1.29, 1.82) is 0 Å². The van der Waals surface area contributed by atoms with E-state index in [0.717, 1.165) is 0 Å². The van der Waals surface area contributed by atoms with Crippen LogP contribution in [0.3, 0.4) is 0 Å². The van der Waals surface area contributed by atoms with Crippen LogP contribution >= 0.6 is 6.33 Å². The van der Waals surface area contributed by atoms with E-state index >= 15 is 0 Å². The summed E-state index contributed by atoms with van der Waals surface area (Å²) in [4.78, 5) is 0. The Morgan fingerprint density at radius 3 is 1.60 bits per heavy atom. The molecule has 0 aliphatic rings. The van der Waals surface area contributed by atoms with Crippen molar-refractivity contribution < 1.29 is 12.9 Å². The minimum atomic E-state index is -2.57. The molecule has 0 rings (SSSR count). The van der Waals surface area contributed by atoms with Gasteiger partial charge in [-0.15, -0.1) is 0 Å². The van der Waals surface area contributed by atoms with Crippen molar-refractivity contribution in [2.75, 3.05) is 0 Å². The average Bonchev–Trinajstić information content (AvgIpc) is 1.38. The van der Waals surface area contributed by atoms with Crippen molar-refractivity contribution in [3.05, 3.63) is 0 Å². The zero-order valence-electron chi connectivity index (χ0n) is 2.25. The normalized spacial score (nSPS) is 5.60. The van der Waals surface area contributed by atoms with Gasteiger partial charge in [-0.05, 0) is 0 Å². The van der Waals surface area contributed by atoms with Crippen molar-refractivity contribution in [2.45, 2.75) is 0 Å². The van der Waals surface area contributed by atoms with Crippen molar-refractivity contribution in [3.8, 4) is 0 Å². The minimum absolute atomic E-state index is 1.56. The summed E-state index contributed by atoms with van der Waals surface area (Å²) in [7, 11) is 0. The van der Waals surface area contributed by atoms with Crippen LogP contribution in [-0.2, 0) is 12.9 Å². The Morgan fingerprint density at radius 1 is 1.40 bits per heavy atom. The standard InChI is InChI=1S/Al.O2P.O/c;1-3-2;. The summed E-state index contributed by atoms with van der Waals surface area (Å²) in [6.07, 6.45) is -2.57. The number of rotatable bonds is 1. The van der Waals surface area contributed by atoms with Crippen LogP contribution in [-0.4, -0.2) is 14.7 Å². The van der Waals surface area contributed by atoms with Crippen LogP contribution in [0.1, 0.15) is 0 Å². The quantitative estimate of drug-likeness (QED) is 0.352. The SMILES string of the molecule is [O]=[Al][P](=O)=O. The summed E-state index contributed by atoms with van der Waals surface area (Å²) in [5.74, 6) is 0. The molecule has 5 heteroatoms. The van der Waals surface area contributed by atoms with Gasteiger partial charge >= 0.3 is 34.0 Å². The molecule has 0 saturated heterocycles. The number of hydrogen-bond acceptors (Lipinski definition) is 3. The molecule has 0 atom stereocenters. The third-order valence-corrected chi connectivity index (χ3v) is 0.775. The summed E-state index contributed by atoms with van der Waals surface area (Å²) >= 11 is -1.56. The van der Waals surface area contributed by atoms with Gasteiger partial charge in [0.2, 0.25) is 0 Å². The third kappa shape index (κ3) is 4.23. The van der Waals surface area contributed by atoms with E-state index in [1.165, 1.54) is 0 Å². The molecule has 0 aromatic rings.